The van der Waals surface area contributed by atoms with Gasteiger partial charge in [0.25, 0.3) is 0 Å². The van der Waals surface area contributed by atoms with Gasteiger partial charge in [-0.2, -0.15) is 0 Å². The molecule has 0 spiro atoms. The van der Waals surface area contributed by atoms with Crippen LogP contribution in [0.1, 0.15) is 24.0 Å². The van der Waals surface area contributed by atoms with Gasteiger partial charge in [0.05, 0.1) is 6.04 Å². The number of rotatable bonds is 3. The van der Waals surface area contributed by atoms with Crippen molar-refractivity contribution in [1.82, 2.24) is 5.06 Å². The fourth-order valence-electron chi connectivity index (χ4n) is 3.25. The zero-order chi connectivity index (χ0) is 14.9. The third-order valence-electron chi connectivity index (χ3n) is 4.39. The van der Waals surface area contributed by atoms with Crippen LogP contribution in [0.4, 0.5) is 4.79 Å². The van der Waals surface area contributed by atoms with Gasteiger partial charge in [-0.3, -0.25) is 5.21 Å². The van der Waals surface area contributed by atoms with E-state index < -0.39 is 6.03 Å². The van der Waals surface area contributed by atoms with Gasteiger partial charge in [0.15, 0.2) is 0 Å². The molecule has 3 N–H and O–H groups in total. The first-order chi connectivity index (χ1) is 10.1. The van der Waals surface area contributed by atoms with Crippen molar-refractivity contribution in [3.8, 4) is 0 Å². The van der Waals surface area contributed by atoms with E-state index in [4.69, 9.17) is 5.73 Å². The molecule has 1 aliphatic rings. The third kappa shape index (κ3) is 2.28. The number of carbonyl (C=O) groups is 1. The Morgan fingerprint density at radius 3 is 1.81 bits per heavy atom. The van der Waals surface area contributed by atoms with Crippen molar-refractivity contribution in [3.05, 3.63) is 71.8 Å². The average Bonchev–Trinajstić information content (AvgIpc) is 2.48. The summed E-state index contributed by atoms with van der Waals surface area (Å²) in [6.45, 7) is 0. The van der Waals surface area contributed by atoms with E-state index >= 15 is 0 Å². The molecule has 2 aromatic rings. The second-order valence-corrected chi connectivity index (χ2v) is 5.56. The topological polar surface area (TPSA) is 66.6 Å². The molecule has 0 atom stereocenters. The first-order valence-electron chi connectivity index (χ1n) is 7.02. The van der Waals surface area contributed by atoms with E-state index in [2.05, 4.69) is 24.3 Å². The molecular formula is C17H18N2O2. The summed E-state index contributed by atoms with van der Waals surface area (Å²) in [7, 11) is 0. The molecule has 2 amide bonds. The highest BCUT2D eigenvalue weighted by Gasteiger charge is 2.49. The summed E-state index contributed by atoms with van der Waals surface area (Å²) in [5, 5.41) is 10.4. The van der Waals surface area contributed by atoms with E-state index in [9.17, 15) is 10.0 Å². The zero-order valence-corrected chi connectivity index (χ0v) is 11.6. The first kappa shape index (κ1) is 13.6. The largest absolute Gasteiger partial charge is 0.350 e. The number of primary amides is 1. The maximum atomic E-state index is 11.1. The molecule has 0 aromatic heterocycles. The Hall–Kier alpha value is -2.33. The molecule has 0 bridgehead atoms. The number of nitrogens with zero attached hydrogens (tertiary/aromatic N) is 1. The SMILES string of the molecule is NC(=O)N(O)C1CC(c2ccccc2)(c2ccccc2)C1. The monoisotopic (exact) mass is 282 g/mol. The fourth-order valence-corrected chi connectivity index (χ4v) is 3.25. The van der Waals surface area contributed by atoms with Crippen LogP contribution in [0.5, 0.6) is 0 Å². The van der Waals surface area contributed by atoms with Gasteiger partial charge in [0.1, 0.15) is 0 Å². The molecule has 108 valence electrons. The number of hydrogen-bond acceptors (Lipinski definition) is 2. The van der Waals surface area contributed by atoms with Gasteiger partial charge in [0, 0.05) is 5.41 Å². The van der Waals surface area contributed by atoms with Crippen LogP contribution >= 0.6 is 0 Å². The van der Waals surface area contributed by atoms with E-state index in [1.165, 1.54) is 11.1 Å². The molecule has 0 aliphatic heterocycles. The molecule has 3 rings (SSSR count). The molecule has 1 fully saturated rings. The van der Waals surface area contributed by atoms with E-state index in [0.29, 0.717) is 17.9 Å². The highest BCUT2D eigenvalue weighted by atomic mass is 16.5. The van der Waals surface area contributed by atoms with Crippen LogP contribution < -0.4 is 5.73 Å². The van der Waals surface area contributed by atoms with Crippen LogP contribution in [0.25, 0.3) is 0 Å². The molecule has 4 nitrogen and oxygen atoms in total. The van der Waals surface area contributed by atoms with E-state index in [0.717, 1.165) is 0 Å². The van der Waals surface area contributed by atoms with E-state index in [1.807, 2.05) is 36.4 Å². The molecule has 1 saturated carbocycles. The lowest BCUT2D eigenvalue weighted by molar-refractivity contribution is -0.112. The van der Waals surface area contributed by atoms with E-state index in [1.54, 1.807) is 0 Å². The van der Waals surface area contributed by atoms with Crippen molar-refractivity contribution in [2.45, 2.75) is 24.3 Å². The quantitative estimate of drug-likeness (QED) is 0.671. The van der Waals surface area contributed by atoms with Crippen LogP contribution in [0.3, 0.4) is 0 Å². The lowest BCUT2D eigenvalue weighted by atomic mass is 9.58. The summed E-state index contributed by atoms with van der Waals surface area (Å²) < 4.78 is 0. The minimum Gasteiger partial charge on any atom is -0.350 e. The third-order valence-corrected chi connectivity index (χ3v) is 4.39. The first-order valence-corrected chi connectivity index (χ1v) is 7.02. The number of nitrogens with two attached hydrogens (primary N) is 1. The normalized spacial score (nSPS) is 17.0. The van der Waals surface area contributed by atoms with Gasteiger partial charge >= 0.3 is 6.03 Å². The molecular weight excluding hydrogens is 264 g/mol. The second-order valence-electron chi connectivity index (χ2n) is 5.56. The summed E-state index contributed by atoms with van der Waals surface area (Å²) in [5.41, 5.74) is 7.38. The van der Waals surface area contributed by atoms with Gasteiger partial charge in [-0.05, 0) is 24.0 Å². The molecule has 2 aromatic carbocycles. The Kier molecular flexibility index (Phi) is 3.39. The number of hydroxylamine groups is 2. The summed E-state index contributed by atoms with van der Waals surface area (Å²) in [5.74, 6) is 0. The van der Waals surface area contributed by atoms with Gasteiger partial charge in [-0.25, -0.2) is 9.86 Å². The Morgan fingerprint density at radius 2 is 1.43 bits per heavy atom. The molecule has 0 saturated heterocycles. The zero-order valence-electron chi connectivity index (χ0n) is 11.6. The number of benzene rings is 2. The van der Waals surface area contributed by atoms with Gasteiger partial charge < -0.3 is 5.73 Å². The van der Waals surface area contributed by atoms with Crippen molar-refractivity contribution < 1.29 is 10.0 Å². The standard InChI is InChI=1S/C17H18N2O2/c18-16(20)19(21)15-11-17(12-15,13-7-3-1-4-8-13)14-9-5-2-6-10-14/h1-10,15,21H,11-12H2,(H2,18,20). The predicted octanol–water partition coefficient (Wildman–Crippen LogP) is 2.91. The molecule has 0 heterocycles. The van der Waals surface area contributed by atoms with Crippen LogP contribution in [0.2, 0.25) is 0 Å². The Bertz CT molecular complexity index is 580. The maximum Gasteiger partial charge on any atom is 0.338 e. The maximum absolute atomic E-state index is 11.1. The average molecular weight is 282 g/mol. The molecule has 0 radical (unpaired) electrons. The van der Waals surface area contributed by atoms with Crippen LogP contribution in [-0.2, 0) is 5.41 Å². The van der Waals surface area contributed by atoms with Crippen LogP contribution in [-0.4, -0.2) is 22.3 Å². The van der Waals surface area contributed by atoms with E-state index in [-0.39, 0.29) is 11.5 Å². The Balaban J connectivity index is 1.95. The van der Waals surface area contributed by atoms with Gasteiger partial charge in [0.2, 0.25) is 0 Å². The number of urea groups is 1. The molecule has 21 heavy (non-hydrogen) atoms. The molecule has 4 heteroatoms. The summed E-state index contributed by atoms with van der Waals surface area (Å²) in [4.78, 5) is 11.1. The fraction of sp³-hybridized carbons (Fsp3) is 0.235. The van der Waals surface area contributed by atoms with Crippen molar-refractivity contribution in [2.24, 2.45) is 5.73 Å². The van der Waals surface area contributed by atoms with Gasteiger partial charge in [-0.15, -0.1) is 0 Å². The second kappa shape index (κ2) is 5.22. The molecule has 1 aliphatic carbocycles. The number of hydrogen-bond donors (Lipinski definition) is 2. The van der Waals surface area contributed by atoms with Crippen molar-refractivity contribution in [1.29, 1.82) is 0 Å². The minimum absolute atomic E-state index is 0.163. The summed E-state index contributed by atoms with van der Waals surface area (Å²) >= 11 is 0. The Labute approximate surface area is 123 Å². The molecule has 0 unspecified atom stereocenters. The number of carbonyl (C=O) groups excluding carboxylic acids is 1. The summed E-state index contributed by atoms with van der Waals surface area (Å²) in [6.07, 6.45) is 1.33. The highest BCUT2D eigenvalue weighted by Crippen LogP contribution is 2.50. The Morgan fingerprint density at radius 1 is 1.00 bits per heavy atom. The summed E-state index contributed by atoms with van der Waals surface area (Å²) in [6, 6.07) is 19.4. The minimum atomic E-state index is -0.797. The van der Waals surface area contributed by atoms with Crippen molar-refractivity contribution in [3.63, 3.8) is 0 Å². The van der Waals surface area contributed by atoms with Gasteiger partial charge in [-0.1, -0.05) is 60.7 Å². The van der Waals surface area contributed by atoms with Crippen LogP contribution in [0, 0.1) is 0 Å². The highest BCUT2D eigenvalue weighted by molar-refractivity contribution is 5.71. The predicted molar refractivity (Wildman–Crippen MR) is 79.9 cm³/mol. The number of amides is 2. The smallest absolute Gasteiger partial charge is 0.338 e. The lowest BCUT2D eigenvalue weighted by Crippen LogP contribution is -2.55. The van der Waals surface area contributed by atoms with Crippen LogP contribution in [0.15, 0.2) is 60.7 Å². The lowest BCUT2D eigenvalue weighted by Gasteiger charge is -2.50. The van der Waals surface area contributed by atoms with Crippen molar-refractivity contribution >= 4 is 6.03 Å². The van der Waals surface area contributed by atoms with Crippen molar-refractivity contribution in [2.75, 3.05) is 0 Å².